The maximum Gasteiger partial charge on any atom is 0.0702 e. The Morgan fingerprint density at radius 2 is 0.952 bits per heavy atom. The summed E-state index contributed by atoms with van der Waals surface area (Å²) >= 11 is 0. The fourth-order valence-electron chi connectivity index (χ4n) is 2.44. The highest BCUT2D eigenvalue weighted by Gasteiger charge is 1.92. The number of hydrogen-bond donors (Lipinski definition) is 0. The Balaban J connectivity index is 3.09. The molecule has 0 bridgehead atoms. The van der Waals surface area contributed by atoms with E-state index in [4.69, 9.17) is 0 Å². The minimum absolute atomic E-state index is 0.756. The maximum atomic E-state index is 3.23. The summed E-state index contributed by atoms with van der Waals surface area (Å²) in [7, 11) is 0. The Hall–Kier alpha value is -0.880. The van der Waals surface area contributed by atoms with E-state index in [1.54, 1.807) is 0 Å². The fraction of sp³-hybridized carbons (Fsp3) is 0.810. The zero-order chi connectivity index (χ0) is 15.4. The van der Waals surface area contributed by atoms with Crippen molar-refractivity contribution in [1.29, 1.82) is 0 Å². The summed E-state index contributed by atoms with van der Waals surface area (Å²) in [5.41, 5.74) is 0. The van der Waals surface area contributed by atoms with Crippen LogP contribution in [0.15, 0.2) is 0 Å². The minimum atomic E-state index is 0.756. The van der Waals surface area contributed by atoms with Crippen LogP contribution in [0.25, 0.3) is 0 Å². The second-order valence-corrected chi connectivity index (χ2v) is 5.88. The molecule has 0 saturated carbocycles. The number of hydrogen-bond acceptors (Lipinski definition) is 0. The van der Waals surface area contributed by atoms with Crippen molar-refractivity contribution < 1.29 is 0 Å². The largest absolute Gasteiger partial charge is 0.103 e. The van der Waals surface area contributed by atoms with E-state index in [0.29, 0.717) is 0 Å². The fourth-order valence-corrected chi connectivity index (χ4v) is 2.44. The van der Waals surface area contributed by atoms with Crippen molar-refractivity contribution in [3.05, 3.63) is 0 Å². The quantitative estimate of drug-likeness (QED) is 0.271. The molecule has 0 unspecified atom stereocenters. The summed E-state index contributed by atoms with van der Waals surface area (Å²) < 4.78 is 0. The lowest BCUT2D eigenvalue weighted by molar-refractivity contribution is 0.545. The molecule has 21 heavy (non-hydrogen) atoms. The molecule has 0 atom stereocenters. The molecule has 0 radical (unpaired) electrons. The van der Waals surface area contributed by atoms with Gasteiger partial charge in [0.15, 0.2) is 0 Å². The monoisotopic (exact) mass is 288 g/mol. The van der Waals surface area contributed by atoms with E-state index in [1.807, 2.05) is 0 Å². The van der Waals surface area contributed by atoms with Crippen LogP contribution in [-0.4, -0.2) is 0 Å². The van der Waals surface area contributed by atoms with E-state index < -0.39 is 0 Å². The van der Waals surface area contributed by atoms with Crippen LogP contribution in [-0.2, 0) is 0 Å². The number of rotatable bonds is 12. The summed E-state index contributed by atoms with van der Waals surface area (Å²) in [4.78, 5) is 0. The first-order valence-corrected chi connectivity index (χ1v) is 9.33. The van der Waals surface area contributed by atoms with Gasteiger partial charge in [0.05, 0.1) is 6.42 Å². The van der Waals surface area contributed by atoms with E-state index in [-0.39, 0.29) is 0 Å². The van der Waals surface area contributed by atoms with Gasteiger partial charge in [-0.2, -0.15) is 0 Å². The van der Waals surface area contributed by atoms with Gasteiger partial charge < -0.3 is 0 Å². The summed E-state index contributed by atoms with van der Waals surface area (Å²) in [5, 5.41) is 0. The molecule has 0 aliphatic carbocycles. The first-order chi connectivity index (χ1) is 10.4. The van der Waals surface area contributed by atoms with Crippen LogP contribution in [0.2, 0.25) is 0 Å². The van der Waals surface area contributed by atoms with E-state index in [9.17, 15) is 0 Å². The SMILES string of the molecule is CCC#CCC#CCCCCCCCCCCCCCC. The molecule has 0 rings (SSSR count). The summed E-state index contributed by atoms with van der Waals surface area (Å²) in [5.74, 6) is 12.5. The molecule has 0 nitrogen and oxygen atoms in total. The third kappa shape index (κ3) is 19.1. The van der Waals surface area contributed by atoms with Gasteiger partial charge in [-0.1, -0.05) is 96.3 Å². The first kappa shape index (κ1) is 20.1. The molecule has 0 aliphatic heterocycles. The standard InChI is InChI=1S/C21H36/c1-3-5-7-9-11-13-15-17-19-21-20-18-16-14-12-10-8-6-4-2/h3-5,7,9-11,13,15-21H2,1-2H3. The summed E-state index contributed by atoms with van der Waals surface area (Å²) in [6, 6.07) is 0. The smallest absolute Gasteiger partial charge is 0.0702 e. The van der Waals surface area contributed by atoms with Crippen LogP contribution in [0, 0.1) is 23.7 Å². The van der Waals surface area contributed by atoms with Crippen LogP contribution in [0.3, 0.4) is 0 Å². The van der Waals surface area contributed by atoms with Gasteiger partial charge >= 0.3 is 0 Å². The Labute approximate surface area is 134 Å². The molecule has 0 aromatic heterocycles. The molecule has 0 saturated heterocycles. The van der Waals surface area contributed by atoms with Crippen LogP contribution in [0.1, 0.15) is 110 Å². The highest BCUT2D eigenvalue weighted by Crippen LogP contribution is 2.12. The van der Waals surface area contributed by atoms with E-state index in [1.165, 1.54) is 77.0 Å². The molecule has 0 heteroatoms. The molecule has 0 N–H and O–H groups in total. The van der Waals surface area contributed by atoms with Gasteiger partial charge in [0.2, 0.25) is 0 Å². The Morgan fingerprint density at radius 1 is 0.476 bits per heavy atom. The van der Waals surface area contributed by atoms with Crippen molar-refractivity contribution in [2.24, 2.45) is 0 Å². The summed E-state index contributed by atoms with van der Waals surface area (Å²) in [6.07, 6.45) is 19.7. The highest BCUT2D eigenvalue weighted by atomic mass is 14.0. The molecule has 0 heterocycles. The molecular weight excluding hydrogens is 252 g/mol. The first-order valence-electron chi connectivity index (χ1n) is 9.33. The highest BCUT2D eigenvalue weighted by molar-refractivity contribution is 5.11. The van der Waals surface area contributed by atoms with Gasteiger partial charge in [-0.15, -0.1) is 11.8 Å². The lowest BCUT2D eigenvalue weighted by Crippen LogP contribution is -1.82. The normalized spacial score (nSPS) is 9.62. The Kier molecular flexibility index (Phi) is 18.3. The molecule has 0 spiro atoms. The van der Waals surface area contributed by atoms with Crippen molar-refractivity contribution in [3.8, 4) is 23.7 Å². The van der Waals surface area contributed by atoms with E-state index >= 15 is 0 Å². The van der Waals surface area contributed by atoms with Crippen LogP contribution >= 0.6 is 0 Å². The lowest BCUT2D eigenvalue weighted by Gasteiger charge is -2.01. The minimum Gasteiger partial charge on any atom is -0.103 e. The summed E-state index contributed by atoms with van der Waals surface area (Å²) in [6.45, 7) is 4.36. The van der Waals surface area contributed by atoms with Gasteiger partial charge in [-0.25, -0.2) is 0 Å². The van der Waals surface area contributed by atoms with Crippen LogP contribution in [0.5, 0.6) is 0 Å². The van der Waals surface area contributed by atoms with Gasteiger partial charge in [0.1, 0.15) is 0 Å². The van der Waals surface area contributed by atoms with Crippen molar-refractivity contribution in [2.45, 2.75) is 110 Å². The zero-order valence-electron chi connectivity index (χ0n) is 14.6. The molecule has 0 aliphatic rings. The lowest BCUT2D eigenvalue weighted by atomic mass is 10.0. The van der Waals surface area contributed by atoms with Crippen LogP contribution < -0.4 is 0 Å². The van der Waals surface area contributed by atoms with Crippen molar-refractivity contribution >= 4 is 0 Å². The Bertz CT molecular complexity index is 304. The third-order valence-electron chi connectivity index (χ3n) is 3.76. The van der Waals surface area contributed by atoms with Gasteiger partial charge in [-0.3, -0.25) is 0 Å². The average Bonchev–Trinajstić information content (AvgIpc) is 2.50. The second kappa shape index (κ2) is 19.1. The molecular formula is C21H36. The predicted molar refractivity (Wildman–Crippen MR) is 96.2 cm³/mol. The zero-order valence-corrected chi connectivity index (χ0v) is 14.6. The maximum absolute atomic E-state index is 3.23. The molecule has 0 amide bonds. The second-order valence-electron chi connectivity index (χ2n) is 5.88. The topological polar surface area (TPSA) is 0 Å². The van der Waals surface area contributed by atoms with Crippen LogP contribution in [0.4, 0.5) is 0 Å². The van der Waals surface area contributed by atoms with E-state index in [2.05, 4.69) is 37.5 Å². The molecule has 120 valence electrons. The Morgan fingerprint density at radius 3 is 1.48 bits per heavy atom. The average molecular weight is 289 g/mol. The van der Waals surface area contributed by atoms with Crippen molar-refractivity contribution in [2.75, 3.05) is 0 Å². The van der Waals surface area contributed by atoms with Gasteiger partial charge in [-0.05, 0) is 6.42 Å². The van der Waals surface area contributed by atoms with Gasteiger partial charge in [0, 0.05) is 12.8 Å². The van der Waals surface area contributed by atoms with Crippen molar-refractivity contribution in [3.63, 3.8) is 0 Å². The van der Waals surface area contributed by atoms with Crippen molar-refractivity contribution in [1.82, 2.24) is 0 Å². The molecule has 0 fully saturated rings. The van der Waals surface area contributed by atoms with Gasteiger partial charge in [0.25, 0.3) is 0 Å². The molecule has 0 aromatic carbocycles. The predicted octanol–water partition coefficient (Wildman–Crippen LogP) is 6.88. The van der Waals surface area contributed by atoms with E-state index in [0.717, 1.165) is 19.3 Å². The molecule has 0 aromatic rings. The number of unbranched alkanes of at least 4 members (excludes halogenated alkanes) is 12. The third-order valence-corrected chi connectivity index (χ3v) is 3.76.